The molecule has 6 nitrogen and oxygen atoms in total. The second-order valence-corrected chi connectivity index (χ2v) is 5.15. The molecule has 0 aromatic carbocycles. The molecule has 2 aromatic heterocycles. The third kappa shape index (κ3) is 2.50. The van der Waals surface area contributed by atoms with Crippen molar-refractivity contribution in [1.82, 2.24) is 4.98 Å². The molecule has 2 rings (SSSR count). The molecule has 0 atom stereocenters. The number of primary amides is 1. The number of aryl methyl sites for hydroxylation is 2. The van der Waals surface area contributed by atoms with Gasteiger partial charge < -0.3 is 16.2 Å². The third-order valence-electron chi connectivity index (χ3n) is 2.56. The Morgan fingerprint density at radius 1 is 1.42 bits per heavy atom. The Bertz CT molecular complexity index is 678. The Labute approximate surface area is 113 Å². The van der Waals surface area contributed by atoms with E-state index in [1.54, 1.807) is 0 Å². The van der Waals surface area contributed by atoms with Gasteiger partial charge in [-0.05, 0) is 25.5 Å². The van der Waals surface area contributed by atoms with Crippen LogP contribution in [0.15, 0.2) is 6.07 Å². The maximum Gasteiger partial charge on any atom is 0.351 e. The molecule has 0 aliphatic carbocycles. The molecule has 7 heteroatoms. The van der Waals surface area contributed by atoms with Crippen LogP contribution in [0.2, 0.25) is 0 Å². The van der Waals surface area contributed by atoms with E-state index in [4.69, 9.17) is 16.2 Å². The summed E-state index contributed by atoms with van der Waals surface area (Å²) in [5.41, 5.74) is 13.0. The van der Waals surface area contributed by atoms with Crippen molar-refractivity contribution in [1.29, 1.82) is 0 Å². The summed E-state index contributed by atoms with van der Waals surface area (Å²) in [6.45, 7) is 3.31. The van der Waals surface area contributed by atoms with Gasteiger partial charge in [-0.15, -0.1) is 11.3 Å². The second-order valence-electron chi connectivity index (χ2n) is 4.15. The normalized spacial score (nSPS) is 10.6. The fourth-order valence-electron chi connectivity index (χ4n) is 1.82. The number of nitrogens with zero attached hydrogens (tertiary/aromatic N) is 1. The number of pyridine rings is 1. The molecule has 2 aromatic rings. The number of amides is 1. The van der Waals surface area contributed by atoms with Crippen LogP contribution in [0.5, 0.6) is 0 Å². The molecule has 0 spiro atoms. The van der Waals surface area contributed by atoms with Crippen molar-refractivity contribution in [2.24, 2.45) is 5.73 Å². The smallest absolute Gasteiger partial charge is 0.351 e. The molecular weight excluding hydrogens is 266 g/mol. The highest BCUT2D eigenvalue weighted by molar-refractivity contribution is 7.21. The monoisotopic (exact) mass is 279 g/mol. The van der Waals surface area contributed by atoms with Gasteiger partial charge in [0.05, 0.1) is 5.69 Å². The van der Waals surface area contributed by atoms with Crippen LogP contribution >= 0.6 is 11.3 Å². The topological polar surface area (TPSA) is 108 Å². The highest BCUT2D eigenvalue weighted by atomic mass is 32.1. The Kier molecular flexibility index (Phi) is 3.39. The number of aromatic nitrogens is 1. The largest absolute Gasteiger partial charge is 0.451 e. The van der Waals surface area contributed by atoms with E-state index < -0.39 is 18.5 Å². The van der Waals surface area contributed by atoms with Crippen LogP contribution in [0.1, 0.15) is 20.9 Å². The highest BCUT2D eigenvalue weighted by Crippen LogP contribution is 2.35. The minimum atomic E-state index is -0.710. The van der Waals surface area contributed by atoms with Gasteiger partial charge in [0.1, 0.15) is 9.71 Å². The molecule has 0 radical (unpaired) electrons. The first kappa shape index (κ1) is 13.3. The number of rotatable bonds is 3. The Morgan fingerprint density at radius 3 is 2.74 bits per heavy atom. The van der Waals surface area contributed by atoms with E-state index in [-0.39, 0.29) is 4.88 Å². The quantitative estimate of drug-likeness (QED) is 0.819. The number of hydrogen-bond donors (Lipinski definition) is 2. The van der Waals surface area contributed by atoms with Crippen molar-refractivity contribution in [3.8, 4) is 0 Å². The van der Waals surface area contributed by atoms with Gasteiger partial charge in [0.2, 0.25) is 0 Å². The Hall–Kier alpha value is -2.15. The first-order chi connectivity index (χ1) is 8.90. The summed E-state index contributed by atoms with van der Waals surface area (Å²) in [5.74, 6) is -1.37. The molecule has 0 saturated heterocycles. The van der Waals surface area contributed by atoms with Crippen molar-refractivity contribution in [2.45, 2.75) is 13.8 Å². The molecule has 100 valence electrons. The number of esters is 1. The van der Waals surface area contributed by atoms with Gasteiger partial charge in [-0.2, -0.15) is 0 Å². The molecule has 4 N–H and O–H groups in total. The molecule has 0 aliphatic heterocycles. The summed E-state index contributed by atoms with van der Waals surface area (Å²) < 4.78 is 4.76. The molecular formula is C12H13N3O3S. The molecule has 0 aliphatic rings. The first-order valence-electron chi connectivity index (χ1n) is 5.51. The van der Waals surface area contributed by atoms with Gasteiger partial charge in [0.25, 0.3) is 5.91 Å². The number of carbonyl (C=O) groups is 2. The van der Waals surface area contributed by atoms with E-state index >= 15 is 0 Å². The maximum absolute atomic E-state index is 11.8. The summed E-state index contributed by atoms with van der Waals surface area (Å²) in [7, 11) is 0. The van der Waals surface area contributed by atoms with E-state index in [0.29, 0.717) is 10.5 Å². The number of anilines is 1. The molecule has 2 heterocycles. The number of ether oxygens (including phenoxy) is 1. The zero-order chi connectivity index (χ0) is 14.2. The number of fused-ring (bicyclic) bond motifs is 1. The number of thiophene rings is 1. The number of carbonyl (C=O) groups excluding carboxylic acids is 2. The van der Waals surface area contributed by atoms with E-state index in [1.807, 2.05) is 19.9 Å². The van der Waals surface area contributed by atoms with E-state index in [9.17, 15) is 9.59 Å². The highest BCUT2D eigenvalue weighted by Gasteiger charge is 2.20. The summed E-state index contributed by atoms with van der Waals surface area (Å²) in [5, 5.41) is 0.752. The lowest BCUT2D eigenvalue weighted by Crippen LogP contribution is -2.20. The summed E-state index contributed by atoms with van der Waals surface area (Å²) >= 11 is 1.15. The average Bonchev–Trinajstić information content (AvgIpc) is 2.63. The second kappa shape index (κ2) is 4.85. The van der Waals surface area contributed by atoms with Crippen LogP contribution in [0.3, 0.4) is 0 Å². The predicted molar refractivity (Wildman–Crippen MR) is 73.0 cm³/mol. The molecule has 1 amide bonds. The third-order valence-corrected chi connectivity index (χ3v) is 3.63. The molecule has 0 unspecified atom stereocenters. The van der Waals surface area contributed by atoms with Gasteiger partial charge in [-0.3, -0.25) is 4.79 Å². The van der Waals surface area contributed by atoms with E-state index in [1.165, 1.54) is 0 Å². The SMILES string of the molecule is Cc1cc(C)c2c(N)c(C(=O)OCC(N)=O)sc2n1. The van der Waals surface area contributed by atoms with Crippen LogP contribution < -0.4 is 11.5 Å². The fraction of sp³-hybridized carbons (Fsp3) is 0.250. The van der Waals surface area contributed by atoms with Crippen LogP contribution in [0, 0.1) is 13.8 Å². The van der Waals surface area contributed by atoms with E-state index in [2.05, 4.69) is 4.98 Å². The Morgan fingerprint density at radius 2 is 2.11 bits per heavy atom. The van der Waals surface area contributed by atoms with Crippen LogP contribution in [-0.2, 0) is 9.53 Å². The predicted octanol–water partition coefficient (Wildman–Crippen LogP) is 1.14. The van der Waals surface area contributed by atoms with Crippen molar-refractivity contribution in [3.05, 3.63) is 22.2 Å². The van der Waals surface area contributed by atoms with Crippen LogP contribution in [-0.4, -0.2) is 23.5 Å². The minimum Gasteiger partial charge on any atom is -0.451 e. The molecule has 0 saturated carbocycles. The van der Waals surface area contributed by atoms with Gasteiger partial charge in [0, 0.05) is 11.1 Å². The van der Waals surface area contributed by atoms with E-state index in [0.717, 1.165) is 28.0 Å². The van der Waals surface area contributed by atoms with Crippen molar-refractivity contribution in [3.63, 3.8) is 0 Å². The average molecular weight is 279 g/mol. The fourth-order valence-corrected chi connectivity index (χ4v) is 2.93. The maximum atomic E-state index is 11.8. The van der Waals surface area contributed by atoms with Crippen molar-refractivity contribution < 1.29 is 14.3 Å². The summed E-state index contributed by atoms with van der Waals surface area (Å²) in [6.07, 6.45) is 0. The van der Waals surface area contributed by atoms with Crippen LogP contribution in [0.25, 0.3) is 10.2 Å². The molecule has 0 bridgehead atoms. The lowest BCUT2D eigenvalue weighted by molar-refractivity contribution is -0.121. The molecule has 19 heavy (non-hydrogen) atoms. The zero-order valence-corrected chi connectivity index (χ0v) is 11.3. The van der Waals surface area contributed by atoms with Crippen molar-refractivity contribution >= 4 is 39.1 Å². The van der Waals surface area contributed by atoms with Gasteiger partial charge in [0.15, 0.2) is 6.61 Å². The minimum absolute atomic E-state index is 0.248. The first-order valence-corrected chi connectivity index (χ1v) is 6.33. The van der Waals surface area contributed by atoms with Crippen molar-refractivity contribution in [2.75, 3.05) is 12.3 Å². The number of hydrogen-bond acceptors (Lipinski definition) is 6. The standard InChI is InChI=1S/C12H13N3O3S/c1-5-3-6(2)15-11-8(5)9(14)10(19-11)12(17)18-4-7(13)16/h3H,4,14H2,1-2H3,(H2,13,16). The van der Waals surface area contributed by atoms with Gasteiger partial charge in [-0.1, -0.05) is 0 Å². The van der Waals surface area contributed by atoms with Gasteiger partial charge in [-0.25, -0.2) is 9.78 Å². The lowest BCUT2D eigenvalue weighted by Gasteiger charge is -2.01. The zero-order valence-electron chi connectivity index (χ0n) is 10.5. The number of nitrogen functional groups attached to an aromatic ring is 1. The lowest BCUT2D eigenvalue weighted by atomic mass is 10.1. The Balaban J connectivity index is 2.45. The van der Waals surface area contributed by atoms with Crippen LogP contribution in [0.4, 0.5) is 5.69 Å². The summed E-state index contributed by atoms with van der Waals surface area (Å²) in [6, 6.07) is 1.89. The summed E-state index contributed by atoms with van der Waals surface area (Å²) in [4.78, 5) is 27.7. The number of nitrogens with two attached hydrogens (primary N) is 2. The van der Waals surface area contributed by atoms with Gasteiger partial charge >= 0.3 is 5.97 Å². The molecule has 0 fully saturated rings.